The Morgan fingerprint density at radius 1 is 1.19 bits per heavy atom. The average Bonchev–Trinajstić information content (AvgIpc) is 3.53. The van der Waals surface area contributed by atoms with Crippen LogP contribution in [0.15, 0.2) is 18.2 Å². The highest BCUT2D eigenvalue weighted by molar-refractivity contribution is 5.53. The molecule has 2 saturated carbocycles. The van der Waals surface area contributed by atoms with Crippen LogP contribution in [0, 0.1) is 30.1 Å². The second-order valence-electron chi connectivity index (χ2n) is 9.20. The molecule has 3 aliphatic rings. The number of methoxy groups -OCH3 is 1. The van der Waals surface area contributed by atoms with Gasteiger partial charge in [-0.25, -0.2) is 0 Å². The lowest BCUT2D eigenvalue weighted by Gasteiger charge is -2.40. The fourth-order valence-electron chi connectivity index (χ4n) is 4.54. The van der Waals surface area contributed by atoms with Crippen molar-refractivity contribution in [1.29, 1.82) is 5.26 Å². The van der Waals surface area contributed by atoms with Crippen molar-refractivity contribution in [2.75, 3.05) is 51.3 Å². The number of nitrogens with zero attached hydrogens (tertiary/aromatic N) is 3. The first-order valence-corrected chi connectivity index (χ1v) is 11.4. The van der Waals surface area contributed by atoms with Gasteiger partial charge in [-0.3, -0.25) is 4.90 Å². The van der Waals surface area contributed by atoms with Gasteiger partial charge in [-0.05, 0) is 56.1 Å². The van der Waals surface area contributed by atoms with Crippen molar-refractivity contribution in [3.63, 3.8) is 0 Å². The van der Waals surface area contributed by atoms with Gasteiger partial charge in [0.05, 0.1) is 13.2 Å². The first kappa shape index (κ1) is 25.4. The summed E-state index contributed by atoms with van der Waals surface area (Å²) in [6, 6.07) is 8.51. The number of aryl methyl sites for hydroxylation is 1. The molecule has 0 spiro atoms. The third kappa shape index (κ3) is 7.08. The molecule has 2 aliphatic carbocycles. The highest BCUT2D eigenvalue weighted by atomic mass is 16.5. The van der Waals surface area contributed by atoms with Gasteiger partial charge in [0.15, 0.2) is 0 Å². The summed E-state index contributed by atoms with van der Waals surface area (Å²) in [6.07, 6.45) is 6.92. The lowest BCUT2D eigenvalue weighted by atomic mass is 9.79. The largest absolute Gasteiger partial charge is 0.496 e. The standard InChI is InChI=1S/C20H32N2O2.C4H6N2.H2O.H2/c1-16-7-8-19(13-20(16)24-2)22-11-9-21(10-12-22)14-17-5-3-4-6-18(17)15-23;5-3-4(6)1-2-4;;/h7-8,13,17-18,23H,3-6,9-12,14-15H2,1-2H3;1-2,6H2;1H2;1H/t17-,18?;;;/m0.../s1. The van der Waals surface area contributed by atoms with Crippen LogP contribution in [-0.2, 0) is 0 Å². The van der Waals surface area contributed by atoms with E-state index in [0.29, 0.717) is 18.4 Å². The molecule has 1 unspecified atom stereocenters. The van der Waals surface area contributed by atoms with E-state index < -0.39 is 5.54 Å². The number of hydrogen-bond acceptors (Lipinski definition) is 6. The lowest BCUT2D eigenvalue weighted by molar-refractivity contribution is 0.0973. The molecule has 4 rings (SSSR count). The van der Waals surface area contributed by atoms with E-state index in [-0.39, 0.29) is 6.90 Å². The maximum absolute atomic E-state index is 9.61. The van der Waals surface area contributed by atoms with E-state index in [4.69, 9.17) is 15.7 Å². The van der Waals surface area contributed by atoms with Gasteiger partial charge in [-0.15, -0.1) is 0 Å². The molecule has 2 atom stereocenters. The summed E-state index contributed by atoms with van der Waals surface area (Å²) in [5.74, 6) is 2.19. The van der Waals surface area contributed by atoms with Crippen molar-refractivity contribution in [3.05, 3.63) is 23.8 Å². The Labute approximate surface area is 188 Å². The SMILES string of the molecule is COc1cc(N2CCN(C[C@@H]3CCCCC3CO)CC2)ccc1C.N#CC1(N)CC1.O.[HH]. The summed E-state index contributed by atoms with van der Waals surface area (Å²) in [4.78, 5) is 5.06. The molecule has 1 aromatic rings. The van der Waals surface area contributed by atoms with E-state index in [0.717, 1.165) is 51.3 Å². The molecular weight excluding hydrogens is 392 g/mol. The molecule has 7 nitrogen and oxygen atoms in total. The van der Waals surface area contributed by atoms with Crippen LogP contribution < -0.4 is 15.4 Å². The molecule has 5 N–H and O–H groups in total. The van der Waals surface area contributed by atoms with E-state index >= 15 is 0 Å². The number of aliphatic hydroxyl groups excluding tert-OH is 1. The number of rotatable bonds is 5. The first-order chi connectivity index (χ1) is 14.5. The van der Waals surface area contributed by atoms with Gasteiger partial charge in [0, 0.05) is 52.5 Å². The fourth-order valence-corrected chi connectivity index (χ4v) is 4.54. The molecule has 1 saturated heterocycles. The van der Waals surface area contributed by atoms with E-state index in [2.05, 4.69) is 34.9 Å². The third-order valence-corrected chi connectivity index (χ3v) is 6.93. The van der Waals surface area contributed by atoms with Crippen molar-refractivity contribution in [2.24, 2.45) is 17.6 Å². The molecule has 3 fully saturated rings. The lowest BCUT2D eigenvalue weighted by Crippen LogP contribution is -2.48. The topological polar surface area (TPSA) is 117 Å². The summed E-state index contributed by atoms with van der Waals surface area (Å²) in [5, 5.41) is 17.7. The van der Waals surface area contributed by atoms with Crippen LogP contribution in [0.2, 0.25) is 0 Å². The molecule has 7 heteroatoms. The quantitative estimate of drug-likeness (QED) is 0.734. The number of hydrogen-bond donors (Lipinski definition) is 2. The number of aliphatic hydroxyl groups is 1. The molecule has 1 aromatic carbocycles. The monoisotopic (exact) mass is 434 g/mol. The maximum atomic E-state index is 9.61. The van der Waals surface area contributed by atoms with Gasteiger partial charge >= 0.3 is 0 Å². The summed E-state index contributed by atoms with van der Waals surface area (Å²) in [5.41, 5.74) is 7.34. The molecule has 0 aromatic heterocycles. The van der Waals surface area contributed by atoms with E-state index in [9.17, 15) is 5.11 Å². The van der Waals surface area contributed by atoms with Crippen LogP contribution in [0.1, 0.15) is 45.5 Å². The van der Waals surface area contributed by atoms with Crippen LogP contribution in [0.4, 0.5) is 5.69 Å². The molecule has 31 heavy (non-hydrogen) atoms. The fraction of sp³-hybridized carbons (Fsp3) is 0.708. The highest BCUT2D eigenvalue weighted by Crippen LogP contribution is 2.31. The zero-order valence-electron chi connectivity index (χ0n) is 19.1. The minimum Gasteiger partial charge on any atom is -0.496 e. The summed E-state index contributed by atoms with van der Waals surface area (Å²) >= 11 is 0. The Morgan fingerprint density at radius 3 is 2.35 bits per heavy atom. The molecule has 0 radical (unpaired) electrons. The second-order valence-corrected chi connectivity index (χ2v) is 9.20. The number of nitrogens with two attached hydrogens (primary N) is 1. The minimum atomic E-state index is -0.403. The van der Waals surface area contributed by atoms with E-state index in [1.165, 1.54) is 36.9 Å². The van der Waals surface area contributed by atoms with Gasteiger partial charge in [0.2, 0.25) is 0 Å². The van der Waals surface area contributed by atoms with Gasteiger partial charge in [0.1, 0.15) is 11.3 Å². The van der Waals surface area contributed by atoms with Crippen molar-refractivity contribution in [2.45, 2.75) is 51.0 Å². The number of nitriles is 1. The Bertz CT molecular complexity index is 730. The summed E-state index contributed by atoms with van der Waals surface area (Å²) in [6.45, 7) is 7.99. The highest BCUT2D eigenvalue weighted by Gasteiger charge is 2.38. The minimum absolute atomic E-state index is 0. The molecule has 1 aliphatic heterocycles. The normalized spacial score (nSPS) is 24.8. The first-order valence-electron chi connectivity index (χ1n) is 11.4. The predicted octanol–water partition coefficient (Wildman–Crippen LogP) is 2.35. The number of benzene rings is 1. The van der Waals surface area contributed by atoms with Crippen molar-refractivity contribution < 1.29 is 16.7 Å². The third-order valence-electron chi connectivity index (χ3n) is 6.93. The van der Waals surface area contributed by atoms with Crippen LogP contribution in [0.3, 0.4) is 0 Å². The van der Waals surface area contributed by atoms with Crippen LogP contribution in [0.5, 0.6) is 5.75 Å². The Morgan fingerprint density at radius 2 is 1.84 bits per heavy atom. The van der Waals surface area contributed by atoms with Crippen molar-refractivity contribution in [1.82, 2.24) is 4.90 Å². The maximum Gasteiger partial charge on any atom is 0.123 e. The van der Waals surface area contributed by atoms with Gasteiger partial charge < -0.3 is 26.0 Å². The van der Waals surface area contributed by atoms with Gasteiger partial charge in [-0.2, -0.15) is 5.26 Å². The molecular formula is C24H42N4O3. The Kier molecular flexibility index (Phi) is 9.57. The number of ether oxygens (including phenoxy) is 1. The number of anilines is 1. The zero-order valence-corrected chi connectivity index (χ0v) is 19.1. The zero-order chi connectivity index (χ0) is 21.6. The smallest absolute Gasteiger partial charge is 0.123 e. The summed E-state index contributed by atoms with van der Waals surface area (Å²) in [7, 11) is 1.74. The number of piperazine rings is 1. The Hall–Kier alpha value is -1.85. The molecule has 0 amide bonds. The van der Waals surface area contributed by atoms with Crippen LogP contribution in [-0.4, -0.2) is 67.5 Å². The van der Waals surface area contributed by atoms with Crippen molar-refractivity contribution in [3.8, 4) is 11.8 Å². The molecule has 176 valence electrons. The van der Waals surface area contributed by atoms with Gasteiger partial charge in [-0.1, -0.05) is 18.9 Å². The Balaban J connectivity index is 0.000000557. The van der Waals surface area contributed by atoms with Crippen molar-refractivity contribution >= 4 is 5.69 Å². The van der Waals surface area contributed by atoms with Crippen LogP contribution >= 0.6 is 0 Å². The van der Waals surface area contributed by atoms with E-state index in [1.54, 1.807) is 7.11 Å². The predicted molar refractivity (Wildman–Crippen MR) is 126 cm³/mol. The van der Waals surface area contributed by atoms with Crippen LogP contribution in [0.25, 0.3) is 0 Å². The summed E-state index contributed by atoms with van der Waals surface area (Å²) < 4.78 is 5.46. The van der Waals surface area contributed by atoms with E-state index in [1.807, 2.05) is 6.07 Å². The van der Waals surface area contributed by atoms with Gasteiger partial charge in [0.25, 0.3) is 0 Å². The average molecular weight is 435 g/mol. The second kappa shape index (κ2) is 11.7. The molecule has 0 bridgehead atoms. The molecule has 1 heterocycles.